The number of rotatable bonds is 5. The summed E-state index contributed by atoms with van der Waals surface area (Å²) in [7, 11) is 0. The largest absolute Gasteiger partial charge is 0.460 e. The third kappa shape index (κ3) is 3.09. The van der Waals surface area contributed by atoms with Gasteiger partial charge in [-0.2, -0.15) is 57.1 Å². The molecule has 0 bridgehead atoms. The minimum Gasteiger partial charge on any atom is -0.338 e. The second-order valence-electron chi connectivity index (χ2n) is 4.33. The fourth-order valence-corrected chi connectivity index (χ4v) is 1.51. The summed E-state index contributed by atoms with van der Waals surface area (Å²) < 4.78 is 192. The number of alkyl halides is 15. The van der Waals surface area contributed by atoms with Gasteiger partial charge in [0.25, 0.3) is 0 Å². The summed E-state index contributed by atoms with van der Waals surface area (Å²) in [5.41, 5.74) is -7.93. The number of ether oxygens (including phenoxy) is 1. The van der Waals surface area contributed by atoms with Gasteiger partial charge in [0.15, 0.2) is 0 Å². The highest BCUT2D eigenvalue weighted by Crippen LogP contribution is 2.63. The summed E-state index contributed by atoms with van der Waals surface area (Å²) in [5.74, 6) is -23.4. The van der Waals surface area contributed by atoms with Crippen LogP contribution in [0.25, 0.3) is 0 Å². The second-order valence-corrected chi connectivity index (χ2v) is 4.33. The van der Waals surface area contributed by atoms with Crippen molar-refractivity contribution in [2.75, 3.05) is 6.61 Å². The lowest BCUT2D eigenvalue weighted by atomic mass is 9.86. The zero-order chi connectivity index (χ0) is 20.9. The summed E-state index contributed by atoms with van der Waals surface area (Å²) in [4.78, 5) is 0. The fourth-order valence-electron chi connectivity index (χ4n) is 1.51. The van der Waals surface area contributed by atoms with Gasteiger partial charge in [-0.3, -0.25) is 0 Å². The predicted molar refractivity (Wildman–Crippen MR) is 47.4 cm³/mol. The zero-order valence-corrected chi connectivity index (χ0v) is 11.3. The monoisotopic (exact) mass is 414 g/mol. The molecular formula is C9H5F15O. The van der Waals surface area contributed by atoms with Crippen molar-refractivity contribution < 1.29 is 70.6 Å². The van der Waals surface area contributed by atoms with E-state index in [1.54, 1.807) is 0 Å². The molecule has 1 nitrogen and oxygen atoms in total. The molecule has 1 atom stereocenters. The Labute approximate surface area is 127 Å². The highest BCUT2D eigenvalue weighted by molar-refractivity contribution is 5.16. The number of hydrogen-bond donors (Lipinski definition) is 0. The Morgan fingerprint density at radius 1 is 0.520 bits per heavy atom. The molecule has 0 aliphatic rings. The van der Waals surface area contributed by atoms with E-state index in [0.29, 0.717) is 0 Å². The first-order valence-electron chi connectivity index (χ1n) is 5.53. The molecule has 0 fully saturated rings. The maximum absolute atomic E-state index is 13.9. The first kappa shape index (κ1) is 23.9. The SMILES string of the molecule is CCO[C@](F)(C(F)(F)C(F)(F)C(F)(F)F)C(F)(C(F)(F)F)C(F)(F)F. The minimum atomic E-state index is -7.98. The molecule has 0 aliphatic carbocycles. The zero-order valence-electron chi connectivity index (χ0n) is 11.3. The maximum Gasteiger partial charge on any atom is 0.460 e. The van der Waals surface area contributed by atoms with Crippen LogP contribution in [0, 0.1) is 0 Å². The van der Waals surface area contributed by atoms with Crippen LogP contribution in [0.5, 0.6) is 0 Å². The van der Waals surface area contributed by atoms with E-state index in [0.717, 1.165) is 0 Å². The van der Waals surface area contributed by atoms with E-state index in [2.05, 4.69) is 4.74 Å². The highest BCUT2D eigenvalue weighted by Gasteiger charge is 2.95. The topological polar surface area (TPSA) is 9.23 Å². The van der Waals surface area contributed by atoms with Crippen LogP contribution >= 0.6 is 0 Å². The van der Waals surface area contributed by atoms with Crippen LogP contribution in [0.2, 0.25) is 0 Å². The van der Waals surface area contributed by atoms with Crippen LogP contribution in [-0.4, -0.2) is 48.5 Å². The predicted octanol–water partition coefficient (Wildman–Crippen LogP) is 5.35. The quantitative estimate of drug-likeness (QED) is 0.551. The standard InChI is InChI=1S/C9H5F15O/c1-2-25-6(15,3(10,7(16,17)18)8(19,20)21)4(11,12)5(13,14)9(22,23)24/h2H2,1H3/t6-/m0/s1. The molecule has 0 N–H and O–H groups in total. The molecule has 25 heavy (non-hydrogen) atoms. The van der Waals surface area contributed by atoms with Crippen molar-refractivity contribution in [1.82, 2.24) is 0 Å². The molecule has 0 aromatic carbocycles. The normalized spacial score (nSPS) is 18.2. The summed E-state index contributed by atoms with van der Waals surface area (Å²) in [6.07, 6.45) is -23.1. The lowest BCUT2D eigenvalue weighted by Crippen LogP contribution is -2.77. The molecule has 0 heterocycles. The average molecular weight is 414 g/mol. The molecule has 0 spiro atoms. The van der Waals surface area contributed by atoms with Crippen LogP contribution in [0.4, 0.5) is 65.9 Å². The Bertz CT molecular complexity index is 457. The molecule has 0 unspecified atom stereocenters. The van der Waals surface area contributed by atoms with E-state index < -0.39 is 48.5 Å². The summed E-state index contributed by atoms with van der Waals surface area (Å²) >= 11 is 0. The Balaban J connectivity index is 6.98. The highest BCUT2D eigenvalue weighted by atomic mass is 19.4. The Morgan fingerprint density at radius 2 is 0.840 bits per heavy atom. The van der Waals surface area contributed by atoms with Gasteiger partial charge < -0.3 is 4.74 Å². The third-order valence-corrected chi connectivity index (χ3v) is 2.72. The van der Waals surface area contributed by atoms with E-state index in [9.17, 15) is 65.9 Å². The van der Waals surface area contributed by atoms with Gasteiger partial charge in [0, 0.05) is 6.61 Å². The molecule has 0 aromatic heterocycles. The van der Waals surface area contributed by atoms with E-state index >= 15 is 0 Å². The first-order chi connectivity index (χ1) is 10.6. The fraction of sp³-hybridized carbons (Fsp3) is 1.00. The third-order valence-electron chi connectivity index (χ3n) is 2.72. The van der Waals surface area contributed by atoms with Crippen LogP contribution in [-0.2, 0) is 4.74 Å². The van der Waals surface area contributed by atoms with Crippen LogP contribution < -0.4 is 0 Å². The minimum absolute atomic E-state index is 0.142. The van der Waals surface area contributed by atoms with Crippen LogP contribution in [0.15, 0.2) is 0 Å². The molecule has 0 aliphatic heterocycles. The van der Waals surface area contributed by atoms with Crippen molar-refractivity contribution in [3.8, 4) is 0 Å². The lowest BCUT2D eigenvalue weighted by molar-refractivity contribution is -0.487. The van der Waals surface area contributed by atoms with Gasteiger partial charge in [-0.05, 0) is 6.92 Å². The van der Waals surface area contributed by atoms with E-state index in [1.165, 1.54) is 0 Å². The van der Waals surface area contributed by atoms with Gasteiger partial charge in [-0.15, -0.1) is 0 Å². The molecule has 16 heteroatoms. The second kappa shape index (κ2) is 5.97. The molecule has 152 valence electrons. The van der Waals surface area contributed by atoms with Crippen molar-refractivity contribution in [3.05, 3.63) is 0 Å². The van der Waals surface area contributed by atoms with Gasteiger partial charge in [0.05, 0.1) is 0 Å². The first-order valence-corrected chi connectivity index (χ1v) is 5.53. The van der Waals surface area contributed by atoms with Crippen LogP contribution in [0.3, 0.4) is 0 Å². The Kier molecular flexibility index (Phi) is 5.71. The molecule has 0 saturated heterocycles. The number of halogens is 15. The van der Waals surface area contributed by atoms with Crippen molar-refractivity contribution in [1.29, 1.82) is 0 Å². The van der Waals surface area contributed by atoms with Crippen LogP contribution in [0.1, 0.15) is 6.92 Å². The summed E-state index contributed by atoms with van der Waals surface area (Å²) in [6.45, 7) is -1.92. The average Bonchev–Trinajstić information content (AvgIpc) is 2.33. The van der Waals surface area contributed by atoms with Crippen molar-refractivity contribution in [2.24, 2.45) is 0 Å². The van der Waals surface area contributed by atoms with E-state index in [-0.39, 0.29) is 6.92 Å². The number of hydrogen-bond acceptors (Lipinski definition) is 1. The van der Waals surface area contributed by atoms with Gasteiger partial charge in [0.2, 0.25) is 0 Å². The molecule has 0 radical (unpaired) electrons. The molecule has 0 aromatic rings. The van der Waals surface area contributed by atoms with Crippen molar-refractivity contribution in [2.45, 2.75) is 48.8 Å². The van der Waals surface area contributed by atoms with Crippen molar-refractivity contribution in [3.63, 3.8) is 0 Å². The molecule has 0 rings (SSSR count). The molecular weight excluding hydrogens is 409 g/mol. The smallest absolute Gasteiger partial charge is 0.338 e. The molecule has 0 amide bonds. The Morgan fingerprint density at radius 3 is 1.04 bits per heavy atom. The molecule has 0 saturated carbocycles. The van der Waals surface area contributed by atoms with Crippen molar-refractivity contribution >= 4 is 0 Å². The van der Waals surface area contributed by atoms with Gasteiger partial charge in [-0.1, -0.05) is 0 Å². The lowest BCUT2D eigenvalue weighted by Gasteiger charge is -2.45. The van der Waals surface area contributed by atoms with Gasteiger partial charge in [-0.25, -0.2) is 8.78 Å². The Hall–Kier alpha value is -1.09. The van der Waals surface area contributed by atoms with E-state index in [4.69, 9.17) is 0 Å². The van der Waals surface area contributed by atoms with E-state index in [1.807, 2.05) is 0 Å². The summed E-state index contributed by atoms with van der Waals surface area (Å²) in [6, 6.07) is 0. The maximum atomic E-state index is 13.9. The van der Waals surface area contributed by atoms with Gasteiger partial charge in [0.1, 0.15) is 0 Å². The van der Waals surface area contributed by atoms with Gasteiger partial charge >= 0.3 is 41.9 Å². The summed E-state index contributed by atoms with van der Waals surface area (Å²) in [5, 5.41) is 0.